The Kier molecular flexibility index (Phi) is 2.93. The molecule has 4 heteroatoms. The zero-order valence-electron chi connectivity index (χ0n) is 10.5. The number of hydrogen-bond donors (Lipinski definition) is 0. The Labute approximate surface area is 111 Å². The van der Waals surface area contributed by atoms with Crippen LogP contribution in [-0.4, -0.2) is 35.0 Å². The maximum atomic E-state index is 12.3. The molecule has 3 rings (SSSR count). The average molecular weight is 257 g/mol. The normalized spacial score (nSPS) is 23.6. The molecule has 4 nitrogen and oxygen atoms in total. The topological polar surface area (TPSA) is 54.5 Å². The molecule has 0 spiro atoms. The van der Waals surface area contributed by atoms with Gasteiger partial charge in [0.15, 0.2) is 17.5 Å². The van der Waals surface area contributed by atoms with Crippen molar-refractivity contribution in [1.29, 1.82) is 0 Å². The number of carbonyl (C=O) groups excluding carboxylic acids is 3. The smallest absolute Gasteiger partial charge is 0.241 e. The monoisotopic (exact) mass is 257 g/mol. The number of Topliss-reactive ketones (excluding diaryl/α,β-unsaturated/α-hetero) is 2. The molecular weight excluding hydrogens is 242 g/mol. The van der Waals surface area contributed by atoms with Crippen molar-refractivity contribution in [3.63, 3.8) is 0 Å². The Morgan fingerprint density at radius 3 is 2.42 bits per heavy atom. The zero-order chi connectivity index (χ0) is 13.4. The zero-order valence-corrected chi connectivity index (χ0v) is 10.5. The number of rotatable bonds is 3. The van der Waals surface area contributed by atoms with E-state index in [1.807, 2.05) is 0 Å². The summed E-state index contributed by atoms with van der Waals surface area (Å²) >= 11 is 0. The molecule has 1 amide bonds. The molecule has 0 radical (unpaired) electrons. The molecule has 1 atom stereocenters. The van der Waals surface area contributed by atoms with E-state index >= 15 is 0 Å². The van der Waals surface area contributed by atoms with Gasteiger partial charge in [0.05, 0.1) is 0 Å². The van der Waals surface area contributed by atoms with Crippen LogP contribution in [0.2, 0.25) is 0 Å². The number of amides is 1. The minimum atomic E-state index is -1.11. The predicted molar refractivity (Wildman–Crippen MR) is 68.6 cm³/mol. The average Bonchev–Trinajstić information content (AvgIpc) is 3.24. The van der Waals surface area contributed by atoms with E-state index in [-0.39, 0.29) is 23.5 Å². The first-order chi connectivity index (χ1) is 9.18. The third-order valence-electron chi connectivity index (χ3n) is 3.76. The molecule has 0 aromatic heterocycles. The molecule has 0 N–H and O–H groups in total. The molecule has 1 aromatic carbocycles. The number of nitrogens with zero attached hydrogens (tertiary/aromatic N) is 1. The number of ketones is 2. The highest BCUT2D eigenvalue weighted by molar-refractivity contribution is 6.24. The van der Waals surface area contributed by atoms with Gasteiger partial charge in [-0.3, -0.25) is 14.4 Å². The second-order valence-corrected chi connectivity index (χ2v) is 5.14. The molecule has 98 valence electrons. The van der Waals surface area contributed by atoms with Gasteiger partial charge in [0.25, 0.3) is 0 Å². The lowest BCUT2D eigenvalue weighted by molar-refractivity contribution is -0.143. The Bertz CT molecular complexity index is 534. The summed E-state index contributed by atoms with van der Waals surface area (Å²) in [5.74, 6) is -2.01. The highest BCUT2D eigenvalue weighted by Crippen LogP contribution is 2.31. The van der Waals surface area contributed by atoms with E-state index in [9.17, 15) is 14.4 Å². The van der Waals surface area contributed by atoms with Crippen molar-refractivity contribution >= 4 is 17.5 Å². The van der Waals surface area contributed by atoms with Crippen LogP contribution in [0.5, 0.6) is 0 Å². The van der Waals surface area contributed by atoms with Crippen molar-refractivity contribution in [2.75, 3.05) is 6.54 Å². The van der Waals surface area contributed by atoms with Crippen LogP contribution < -0.4 is 0 Å². The highest BCUT2D eigenvalue weighted by Gasteiger charge is 2.45. The molecule has 1 heterocycles. The summed E-state index contributed by atoms with van der Waals surface area (Å²) in [5.41, 5.74) is 0.437. The van der Waals surface area contributed by atoms with E-state index in [0.29, 0.717) is 18.5 Å². The summed E-state index contributed by atoms with van der Waals surface area (Å²) in [4.78, 5) is 38.3. The predicted octanol–water partition coefficient (Wildman–Crippen LogP) is 1.45. The Morgan fingerprint density at radius 2 is 1.79 bits per heavy atom. The van der Waals surface area contributed by atoms with Gasteiger partial charge >= 0.3 is 0 Å². The van der Waals surface area contributed by atoms with Crippen LogP contribution in [0.4, 0.5) is 0 Å². The fourth-order valence-corrected chi connectivity index (χ4v) is 2.56. The molecule has 1 saturated carbocycles. The lowest BCUT2D eigenvalue weighted by Gasteiger charge is -2.30. The standard InChI is InChI=1S/C15H15NO3/c17-12-8-9-16(11-6-7-11)15(19)13(12)14(18)10-4-2-1-3-5-10/h1-5,11,13H,6-9H2. The van der Waals surface area contributed by atoms with E-state index in [0.717, 1.165) is 12.8 Å². The van der Waals surface area contributed by atoms with Crippen LogP contribution in [0, 0.1) is 5.92 Å². The molecule has 0 bridgehead atoms. The molecule has 1 unspecified atom stereocenters. The molecule has 1 aliphatic carbocycles. The van der Waals surface area contributed by atoms with E-state index in [2.05, 4.69) is 0 Å². The van der Waals surface area contributed by atoms with Gasteiger partial charge in [0.1, 0.15) is 0 Å². The van der Waals surface area contributed by atoms with Gasteiger partial charge in [0.2, 0.25) is 5.91 Å². The van der Waals surface area contributed by atoms with Gasteiger partial charge in [-0.05, 0) is 12.8 Å². The fraction of sp³-hybridized carbons (Fsp3) is 0.400. The molecule has 2 fully saturated rings. The number of carbonyl (C=O) groups is 3. The minimum Gasteiger partial charge on any atom is -0.338 e. The van der Waals surface area contributed by atoms with Gasteiger partial charge < -0.3 is 4.90 Å². The van der Waals surface area contributed by atoms with E-state index in [1.165, 1.54) is 0 Å². The SMILES string of the molecule is O=C1CCN(C2CC2)C(=O)C1C(=O)c1ccccc1. The van der Waals surface area contributed by atoms with Crippen molar-refractivity contribution in [1.82, 2.24) is 4.90 Å². The maximum absolute atomic E-state index is 12.3. The summed E-state index contributed by atoms with van der Waals surface area (Å²) in [6.45, 7) is 0.473. The number of hydrogen-bond acceptors (Lipinski definition) is 3. The molecule has 19 heavy (non-hydrogen) atoms. The Morgan fingerprint density at radius 1 is 1.11 bits per heavy atom. The highest BCUT2D eigenvalue weighted by atomic mass is 16.2. The van der Waals surface area contributed by atoms with Crippen LogP contribution in [0.1, 0.15) is 29.6 Å². The van der Waals surface area contributed by atoms with Crippen LogP contribution in [0.3, 0.4) is 0 Å². The van der Waals surface area contributed by atoms with Crippen LogP contribution >= 0.6 is 0 Å². The third-order valence-corrected chi connectivity index (χ3v) is 3.76. The Hall–Kier alpha value is -1.97. The molecular formula is C15H15NO3. The van der Waals surface area contributed by atoms with Gasteiger partial charge in [-0.2, -0.15) is 0 Å². The van der Waals surface area contributed by atoms with E-state index in [1.54, 1.807) is 35.2 Å². The first-order valence-corrected chi connectivity index (χ1v) is 6.61. The summed E-state index contributed by atoms with van der Waals surface area (Å²) in [5, 5.41) is 0. The van der Waals surface area contributed by atoms with Gasteiger partial charge in [-0.15, -0.1) is 0 Å². The molecule has 1 saturated heterocycles. The second kappa shape index (κ2) is 4.61. The molecule has 1 aromatic rings. The quantitative estimate of drug-likeness (QED) is 0.608. The van der Waals surface area contributed by atoms with E-state index < -0.39 is 5.92 Å². The summed E-state index contributed by atoms with van der Waals surface area (Å²) in [6.07, 6.45) is 2.28. The summed E-state index contributed by atoms with van der Waals surface area (Å²) < 4.78 is 0. The van der Waals surface area contributed by atoms with E-state index in [4.69, 9.17) is 0 Å². The van der Waals surface area contributed by atoms with Crippen LogP contribution in [0.25, 0.3) is 0 Å². The fourth-order valence-electron chi connectivity index (χ4n) is 2.56. The maximum Gasteiger partial charge on any atom is 0.241 e. The van der Waals surface area contributed by atoms with Gasteiger partial charge in [-0.1, -0.05) is 30.3 Å². The van der Waals surface area contributed by atoms with Crippen molar-refractivity contribution in [2.45, 2.75) is 25.3 Å². The largest absolute Gasteiger partial charge is 0.338 e. The van der Waals surface area contributed by atoms with Gasteiger partial charge in [0, 0.05) is 24.6 Å². The number of likely N-dealkylation sites (tertiary alicyclic amines) is 1. The van der Waals surface area contributed by atoms with Crippen molar-refractivity contribution in [3.8, 4) is 0 Å². The van der Waals surface area contributed by atoms with Crippen molar-refractivity contribution < 1.29 is 14.4 Å². The van der Waals surface area contributed by atoms with Crippen molar-refractivity contribution in [2.24, 2.45) is 5.92 Å². The van der Waals surface area contributed by atoms with Crippen molar-refractivity contribution in [3.05, 3.63) is 35.9 Å². The minimum absolute atomic E-state index is 0.240. The first-order valence-electron chi connectivity index (χ1n) is 6.61. The summed E-state index contributed by atoms with van der Waals surface area (Å²) in [6, 6.07) is 8.84. The first kappa shape index (κ1) is 12.1. The van der Waals surface area contributed by atoms with Gasteiger partial charge in [-0.25, -0.2) is 0 Å². The Balaban J connectivity index is 1.86. The summed E-state index contributed by atoms with van der Waals surface area (Å²) in [7, 11) is 0. The lowest BCUT2D eigenvalue weighted by atomic mass is 9.88. The number of piperidine rings is 1. The lowest BCUT2D eigenvalue weighted by Crippen LogP contribution is -2.49. The second-order valence-electron chi connectivity index (χ2n) is 5.14. The van der Waals surface area contributed by atoms with Crippen LogP contribution in [-0.2, 0) is 9.59 Å². The molecule has 2 aliphatic rings. The third kappa shape index (κ3) is 2.18. The van der Waals surface area contributed by atoms with Crippen LogP contribution in [0.15, 0.2) is 30.3 Å². The molecule has 1 aliphatic heterocycles. The number of benzene rings is 1.